The number of nitrogens with one attached hydrogen (secondary N) is 1. The third kappa shape index (κ3) is 3.39. The summed E-state index contributed by atoms with van der Waals surface area (Å²) in [5, 5.41) is 2.96. The molecule has 0 aromatic heterocycles. The summed E-state index contributed by atoms with van der Waals surface area (Å²) in [4.78, 5) is 13.6. The molecule has 1 saturated heterocycles. The van der Waals surface area contributed by atoms with Gasteiger partial charge in [0.05, 0.1) is 7.11 Å². The first-order valence-electron chi connectivity index (χ1n) is 6.45. The molecule has 1 aliphatic rings. The molecule has 1 N–H and O–H groups in total. The first-order chi connectivity index (χ1) is 8.79. The van der Waals surface area contributed by atoms with Crippen LogP contribution < -0.4 is 10.1 Å². The third-order valence-electron chi connectivity index (χ3n) is 3.24. The quantitative estimate of drug-likeness (QED) is 0.886. The number of likely N-dealkylation sites (tertiary alicyclic amines) is 1. The minimum atomic E-state index is 0.0704. The molecule has 1 aliphatic heterocycles. The molecule has 2 amide bonds. The average molecular weight is 248 g/mol. The monoisotopic (exact) mass is 248 g/mol. The normalized spacial score (nSPS) is 14.6. The lowest BCUT2D eigenvalue weighted by molar-refractivity contribution is 0.209. The zero-order valence-electron chi connectivity index (χ0n) is 10.8. The molecule has 2 rings (SSSR count). The predicted octanol–water partition coefficient (Wildman–Crippen LogP) is 2.04. The summed E-state index contributed by atoms with van der Waals surface area (Å²) in [6.07, 6.45) is 3.11. The van der Waals surface area contributed by atoms with Gasteiger partial charge in [-0.05, 0) is 37.0 Å². The van der Waals surface area contributed by atoms with Crippen LogP contribution in [0.4, 0.5) is 4.79 Å². The van der Waals surface area contributed by atoms with E-state index in [4.69, 9.17) is 4.74 Å². The second kappa shape index (κ2) is 6.28. The summed E-state index contributed by atoms with van der Waals surface area (Å²) < 4.78 is 5.10. The molecule has 0 radical (unpaired) electrons. The minimum Gasteiger partial charge on any atom is -0.497 e. The number of urea groups is 1. The van der Waals surface area contributed by atoms with Crippen molar-refractivity contribution in [3.05, 3.63) is 29.8 Å². The summed E-state index contributed by atoms with van der Waals surface area (Å²) in [7, 11) is 1.66. The molecule has 0 spiro atoms. The van der Waals surface area contributed by atoms with Crippen molar-refractivity contribution in [2.45, 2.75) is 19.3 Å². The van der Waals surface area contributed by atoms with Crippen molar-refractivity contribution in [3.8, 4) is 5.75 Å². The van der Waals surface area contributed by atoms with Gasteiger partial charge in [0.2, 0.25) is 0 Å². The number of hydrogen-bond acceptors (Lipinski definition) is 2. The summed E-state index contributed by atoms with van der Waals surface area (Å²) in [6, 6.07) is 8.01. The fourth-order valence-corrected chi connectivity index (χ4v) is 2.14. The molecule has 4 heteroatoms. The maximum Gasteiger partial charge on any atom is 0.317 e. The van der Waals surface area contributed by atoms with Crippen LogP contribution in [0.2, 0.25) is 0 Å². The van der Waals surface area contributed by atoms with Gasteiger partial charge < -0.3 is 15.0 Å². The number of methoxy groups -OCH3 is 1. The highest BCUT2D eigenvalue weighted by Crippen LogP contribution is 2.11. The van der Waals surface area contributed by atoms with Crippen LogP contribution in [-0.4, -0.2) is 37.7 Å². The molecule has 1 heterocycles. The van der Waals surface area contributed by atoms with Crippen LogP contribution >= 0.6 is 0 Å². The molecular formula is C14H20N2O2. The molecular weight excluding hydrogens is 228 g/mol. The van der Waals surface area contributed by atoms with Crippen LogP contribution in [0.1, 0.15) is 18.4 Å². The van der Waals surface area contributed by atoms with E-state index in [0.717, 1.165) is 38.1 Å². The summed E-state index contributed by atoms with van der Waals surface area (Å²) in [5.41, 5.74) is 1.21. The lowest BCUT2D eigenvalue weighted by atomic mass is 10.1. The SMILES string of the molecule is COc1ccc(CCNC(=O)N2CCCC2)cc1. The summed E-state index contributed by atoms with van der Waals surface area (Å²) >= 11 is 0. The van der Waals surface area contributed by atoms with Crippen LogP contribution in [0.25, 0.3) is 0 Å². The van der Waals surface area contributed by atoms with E-state index in [-0.39, 0.29) is 6.03 Å². The van der Waals surface area contributed by atoms with Gasteiger partial charge in [-0.15, -0.1) is 0 Å². The number of rotatable bonds is 4. The highest BCUT2D eigenvalue weighted by atomic mass is 16.5. The van der Waals surface area contributed by atoms with Crippen molar-refractivity contribution >= 4 is 6.03 Å². The van der Waals surface area contributed by atoms with E-state index < -0.39 is 0 Å². The minimum absolute atomic E-state index is 0.0704. The molecule has 1 fully saturated rings. The van der Waals surface area contributed by atoms with Gasteiger partial charge in [-0.2, -0.15) is 0 Å². The van der Waals surface area contributed by atoms with Crippen LogP contribution in [0.15, 0.2) is 24.3 Å². The predicted molar refractivity (Wildman–Crippen MR) is 70.9 cm³/mol. The van der Waals surface area contributed by atoms with Gasteiger partial charge in [-0.1, -0.05) is 12.1 Å². The standard InChI is InChI=1S/C14H20N2O2/c1-18-13-6-4-12(5-7-13)8-9-15-14(17)16-10-2-3-11-16/h4-7H,2-3,8-11H2,1H3,(H,15,17). The Balaban J connectivity index is 1.72. The highest BCUT2D eigenvalue weighted by Gasteiger charge is 2.16. The maximum atomic E-state index is 11.7. The van der Waals surface area contributed by atoms with E-state index in [1.807, 2.05) is 29.2 Å². The van der Waals surface area contributed by atoms with E-state index in [1.165, 1.54) is 5.56 Å². The van der Waals surface area contributed by atoms with Gasteiger partial charge in [-0.3, -0.25) is 0 Å². The number of hydrogen-bond donors (Lipinski definition) is 1. The molecule has 0 saturated carbocycles. The topological polar surface area (TPSA) is 41.6 Å². The zero-order chi connectivity index (χ0) is 12.8. The van der Waals surface area contributed by atoms with Gasteiger partial charge >= 0.3 is 6.03 Å². The van der Waals surface area contributed by atoms with Crippen LogP contribution in [0.3, 0.4) is 0 Å². The van der Waals surface area contributed by atoms with Crippen LogP contribution in [0, 0.1) is 0 Å². The molecule has 0 unspecified atom stereocenters. The number of carbonyl (C=O) groups excluding carboxylic acids is 1. The fourth-order valence-electron chi connectivity index (χ4n) is 2.14. The molecule has 18 heavy (non-hydrogen) atoms. The Labute approximate surface area is 108 Å². The lowest BCUT2D eigenvalue weighted by Crippen LogP contribution is -2.38. The van der Waals surface area contributed by atoms with Crippen molar-refractivity contribution in [3.63, 3.8) is 0 Å². The summed E-state index contributed by atoms with van der Waals surface area (Å²) in [5.74, 6) is 0.861. The Hall–Kier alpha value is -1.71. The first kappa shape index (κ1) is 12.7. The molecule has 0 aliphatic carbocycles. The number of carbonyl (C=O) groups is 1. The van der Waals surface area contributed by atoms with E-state index in [1.54, 1.807) is 7.11 Å². The Morgan fingerprint density at radius 1 is 1.28 bits per heavy atom. The molecule has 4 nitrogen and oxygen atoms in total. The van der Waals surface area contributed by atoms with Gasteiger partial charge in [0.1, 0.15) is 5.75 Å². The molecule has 1 aromatic carbocycles. The first-order valence-corrected chi connectivity index (χ1v) is 6.45. The van der Waals surface area contributed by atoms with E-state index in [9.17, 15) is 4.79 Å². The second-order valence-corrected chi connectivity index (χ2v) is 4.52. The highest BCUT2D eigenvalue weighted by molar-refractivity contribution is 5.74. The zero-order valence-corrected chi connectivity index (χ0v) is 10.8. The summed E-state index contributed by atoms with van der Waals surface area (Å²) in [6.45, 7) is 2.48. The molecule has 0 atom stereocenters. The van der Waals surface area contributed by atoms with Gasteiger partial charge in [0, 0.05) is 19.6 Å². The number of ether oxygens (including phenoxy) is 1. The largest absolute Gasteiger partial charge is 0.497 e. The van der Waals surface area contributed by atoms with Crippen molar-refractivity contribution in [2.24, 2.45) is 0 Å². The van der Waals surface area contributed by atoms with E-state index in [0.29, 0.717) is 6.54 Å². The smallest absolute Gasteiger partial charge is 0.317 e. The Bertz CT molecular complexity index is 383. The third-order valence-corrected chi connectivity index (χ3v) is 3.24. The van der Waals surface area contributed by atoms with E-state index in [2.05, 4.69) is 5.32 Å². The fraction of sp³-hybridized carbons (Fsp3) is 0.500. The average Bonchev–Trinajstić information content (AvgIpc) is 2.93. The number of benzene rings is 1. The van der Waals surface area contributed by atoms with E-state index >= 15 is 0 Å². The van der Waals surface area contributed by atoms with Crippen molar-refractivity contribution in [1.82, 2.24) is 10.2 Å². The number of amides is 2. The Morgan fingerprint density at radius 2 is 1.94 bits per heavy atom. The Morgan fingerprint density at radius 3 is 2.56 bits per heavy atom. The molecule has 1 aromatic rings. The van der Waals surface area contributed by atoms with Gasteiger partial charge in [0.25, 0.3) is 0 Å². The van der Waals surface area contributed by atoms with Crippen LogP contribution in [0.5, 0.6) is 5.75 Å². The van der Waals surface area contributed by atoms with Gasteiger partial charge in [0.15, 0.2) is 0 Å². The molecule has 98 valence electrons. The maximum absolute atomic E-state index is 11.7. The number of nitrogens with zero attached hydrogens (tertiary/aromatic N) is 1. The lowest BCUT2D eigenvalue weighted by Gasteiger charge is -2.16. The molecule has 0 bridgehead atoms. The van der Waals surface area contributed by atoms with Crippen molar-refractivity contribution in [2.75, 3.05) is 26.7 Å². The van der Waals surface area contributed by atoms with Crippen molar-refractivity contribution in [1.29, 1.82) is 0 Å². The Kier molecular flexibility index (Phi) is 4.45. The van der Waals surface area contributed by atoms with Crippen LogP contribution in [-0.2, 0) is 6.42 Å². The second-order valence-electron chi connectivity index (χ2n) is 4.52. The van der Waals surface area contributed by atoms with Crippen molar-refractivity contribution < 1.29 is 9.53 Å². The van der Waals surface area contributed by atoms with Gasteiger partial charge in [-0.25, -0.2) is 4.79 Å².